The lowest BCUT2D eigenvalue weighted by Gasteiger charge is -2.35. The third-order valence-electron chi connectivity index (χ3n) is 3.73. The zero-order valence-corrected chi connectivity index (χ0v) is 13.1. The number of hydrogen-bond acceptors (Lipinski definition) is 3. The summed E-state index contributed by atoms with van der Waals surface area (Å²) in [7, 11) is -3.51. The Labute approximate surface area is 119 Å². The van der Waals surface area contributed by atoms with Crippen molar-refractivity contribution in [1.29, 1.82) is 0 Å². The molecular formula is C12H20ClN3O2S. The van der Waals surface area contributed by atoms with Crippen LogP contribution in [0.4, 0.5) is 0 Å². The fraction of sp³-hybridized carbons (Fsp3) is 0.750. The summed E-state index contributed by atoms with van der Waals surface area (Å²) in [6.45, 7) is 6.40. The highest BCUT2D eigenvalue weighted by Gasteiger charge is 2.36. The largest absolute Gasteiger partial charge is 0.281 e. The molecule has 2 atom stereocenters. The molecule has 1 aliphatic heterocycles. The molecule has 0 bridgehead atoms. The number of aromatic nitrogens is 2. The topological polar surface area (TPSA) is 66.1 Å². The molecule has 2 unspecified atom stereocenters. The van der Waals surface area contributed by atoms with E-state index in [1.54, 1.807) is 11.2 Å². The predicted molar refractivity (Wildman–Crippen MR) is 74.6 cm³/mol. The number of aryl methyl sites for hydroxylation is 1. The fourth-order valence-electron chi connectivity index (χ4n) is 2.76. The summed E-state index contributed by atoms with van der Waals surface area (Å²) in [6.07, 6.45) is 1.79. The van der Waals surface area contributed by atoms with E-state index in [1.807, 2.05) is 6.92 Å². The van der Waals surface area contributed by atoms with Crippen molar-refractivity contribution < 1.29 is 8.42 Å². The van der Waals surface area contributed by atoms with Crippen molar-refractivity contribution in [2.75, 3.05) is 6.54 Å². The first-order chi connectivity index (χ1) is 8.87. The number of piperidine rings is 1. The molecule has 0 amide bonds. The molecule has 1 saturated heterocycles. The van der Waals surface area contributed by atoms with Gasteiger partial charge in [0.05, 0.1) is 17.3 Å². The Bertz CT molecular complexity index is 555. The number of sulfonamides is 1. The second kappa shape index (κ2) is 5.42. The van der Waals surface area contributed by atoms with E-state index in [0.29, 0.717) is 23.9 Å². The lowest BCUT2D eigenvalue weighted by molar-refractivity contribution is 0.220. The van der Waals surface area contributed by atoms with Gasteiger partial charge in [-0.15, -0.1) is 11.6 Å². The number of nitrogens with zero attached hydrogens (tertiary/aromatic N) is 2. The monoisotopic (exact) mass is 305 g/mol. The van der Waals surface area contributed by atoms with Crippen molar-refractivity contribution in [2.45, 2.75) is 50.4 Å². The molecule has 0 spiro atoms. The van der Waals surface area contributed by atoms with Gasteiger partial charge in [0.25, 0.3) is 0 Å². The number of aromatic amines is 1. The van der Waals surface area contributed by atoms with Crippen molar-refractivity contribution in [1.82, 2.24) is 14.5 Å². The molecular weight excluding hydrogens is 286 g/mol. The molecule has 1 aromatic rings. The van der Waals surface area contributed by atoms with E-state index in [-0.39, 0.29) is 16.8 Å². The highest BCUT2D eigenvalue weighted by atomic mass is 35.5. The maximum absolute atomic E-state index is 12.8. The molecule has 1 N–H and O–H groups in total. The Morgan fingerprint density at radius 1 is 1.47 bits per heavy atom. The standard InChI is InChI=1S/C12H20ClN3O2S/c1-8-4-5-16(9(2)6-8)19(17,18)12-10(3)14-15-11(12)7-13/h8-9H,4-7H2,1-3H3,(H,14,15). The molecule has 7 heteroatoms. The minimum atomic E-state index is -3.51. The minimum Gasteiger partial charge on any atom is -0.281 e. The van der Waals surface area contributed by atoms with E-state index in [2.05, 4.69) is 17.1 Å². The van der Waals surface area contributed by atoms with Crippen LogP contribution in [0.1, 0.15) is 38.1 Å². The maximum atomic E-state index is 12.8. The van der Waals surface area contributed by atoms with Gasteiger partial charge < -0.3 is 0 Å². The SMILES string of the molecule is Cc1[nH]nc(CCl)c1S(=O)(=O)N1CCC(C)CC1C. The molecule has 1 fully saturated rings. The van der Waals surface area contributed by atoms with Gasteiger partial charge in [0.2, 0.25) is 10.0 Å². The smallest absolute Gasteiger partial charge is 0.247 e. The van der Waals surface area contributed by atoms with Gasteiger partial charge in [0.15, 0.2) is 0 Å². The van der Waals surface area contributed by atoms with Crippen molar-refractivity contribution >= 4 is 21.6 Å². The van der Waals surface area contributed by atoms with Gasteiger partial charge >= 0.3 is 0 Å². The number of hydrogen-bond donors (Lipinski definition) is 1. The van der Waals surface area contributed by atoms with Gasteiger partial charge in [-0.05, 0) is 32.6 Å². The van der Waals surface area contributed by atoms with Crippen LogP contribution in [0.25, 0.3) is 0 Å². The summed E-state index contributed by atoms with van der Waals surface area (Å²) in [5.74, 6) is 0.664. The first-order valence-corrected chi connectivity index (χ1v) is 8.47. The van der Waals surface area contributed by atoms with Crippen LogP contribution in [0, 0.1) is 12.8 Å². The van der Waals surface area contributed by atoms with Crippen molar-refractivity contribution in [2.24, 2.45) is 5.92 Å². The van der Waals surface area contributed by atoms with Crippen LogP contribution in [-0.2, 0) is 15.9 Å². The van der Waals surface area contributed by atoms with Crippen molar-refractivity contribution in [3.63, 3.8) is 0 Å². The van der Waals surface area contributed by atoms with E-state index in [1.165, 1.54) is 0 Å². The van der Waals surface area contributed by atoms with Crippen LogP contribution in [0.15, 0.2) is 4.90 Å². The molecule has 108 valence electrons. The molecule has 1 aromatic heterocycles. The van der Waals surface area contributed by atoms with Gasteiger partial charge in [0, 0.05) is 12.6 Å². The molecule has 1 aliphatic rings. The second-order valence-electron chi connectivity index (χ2n) is 5.35. The quantitative estimate of drug-likeness (QED) is 0.871. The Balaban J connectivity index is 2.39. The van der Waals surface area contributed by atoms with Crippen LogP contribution in [0.3, 0.4) is 0 Å². The normalized spacial score (nSPS) is 25.7. The third-order valence-corrected chi connectivity index (χ3v) is 6.20. The Morgan fingerprint density at radius 3 is 2.74 bits per heavy atom. The van der Waals surface area contributed by atoms with Gasteiger partial charge in [-0.3, -0.25) is 5.10 Å². The Hall–Kier alpha value is -0.590. The van der Waals surface area contributed by atoms with E-state index in [9.17, 15) is 8.42 Å². The van der Waals surface area contributed by atoms with Crippen LogP contribution in [-0.4, -0.2) is 35.5 Å². The van der Waals surface area contributed by atoms with Crippen molar-refractivity contribution in [3.8, 4) is 0 Å². The first kappa shape index (κ1) is 14.8. The summed E-state index contributed by atoms with van der Waals surface area (Å²) >= 11 is 5.78. The number of H-pyrrole nitrogens is 1. The van der Waals surface area contributed by atoms with Gasteiger partial charge in [-0.25, -0.2) is 8.42 Å². The molecule has 2 rings (SSSR count). The molecule has 19 heavy (non-hydrogen) atoms. The summed E-state index contributed by atoms with van der Waals surface area (Å²) in [5.41, 5.74) is 0.964. The number of alkyl halides is 1. The lowest BCUT2D eigenvalue weighted by atomic mass is 9.95. The molecule has 5 nitrogen and oxygen atoms in total. The highest BCUT2D eigenvalue weighted by molar-refractivity contribution is 7.89. The summed E-state index contributed by atoms with van der Waals surface area (Å²) in [6, 6.07) is 0.0197. The van der Waals surface area contributed by atoms with Crippen LogP contribution in [0.2, 0.25) is 0 Å². The zero-order chi connectivity index (χ0) is 14.2. The Kier molecular flexibility index (Phi) is 4.23. The van der Waals surface area contributed by atoms with E-state index >= 15 is 0 Å². The van der Waals surface area contributed by atoms with Gasteiger partial charge in [-0.1, -0.05) is 6.92 Å². The second-order valence-corrected chi connectivity index (χ2v) is 7.45. The van der Waals surface area contributed by atoms with E-state index < -0.39 is 10.0 Å². The molecule has 0 aromatic carbocycles. The third kappa shape index (κ3) is 2.66. The summed E-state index contributed by atoms with van der Waals surface area (Å²) < 4.78 is 27.1. The summed E-state index contributed by atoms with van der Waals surface area (Å²) in [5, 5.41) is 6.69. The van der Waals surface area contributed by atoms with Crippen molar-refractivity contribution in [3.05, 3.63) is 11.4 Å². The average molecular weight is 306 g/mol. The maximum Gasteiger partial charge on any atom is 0.247 e. The van der Waals surface area contributed by atoms with Crippen LogP contribution in [0.5, 0.6) is 0 Å². The molecule has 2 heterocycles. The first-order valence-electron chi connectivity index (χ1n) is 6.49. The van der Waals surface area contributed by atoms with Crippen LogP contribution < -0.4 is 0 Å². The minimum absolute atomic E-state index is 0.0197. The van der Waals surface area contributed by atoms with E-state index in [4.69, 9.17) is 11.6 Å². The predicted octanol–water partition coefficient (Wildman–Crippen LogP) is 2.27. The van der Waals surface area contributed by atoms with Gasteiger partial charge in [-0.2, -0.15) is 9.40 Å². The van der Waals surface area contributed by atoms with Crippen LogP contribution >= 0.6 is 11.6 Å². The zero-order valence-electron chi connectivity index (χ0n) is 11.5. The molecule has 0 saturated carbocycles. The average Bonchev–Trinajstić information content (AvgIpc) is 2.70. The molecule has 0 aliphatic carbocycles. The Morgan fingerprint density at radius 2 is 2.16 bits per heavy atom. The molecule has 0 radical (unpaired) electrons. The van der Waals surface area contributed by atoms with E-state index in [0.717, 1.165) is 12.8 Å². The summed E-state index contributed by atoms with van der Waals surface area (Å²) in [4.78, 5) is 0.254. The van der Waals surface area contributed by atoms with Gasteiger partial charge in [0.1, 0.15) is 4.90 Å². The lowest BCUT2D eigenvalue weighted by Crippen LogP contribution is -2.44. The number of halogens is 1. The number of rotatable bonds is 3. The highest BCUT2D eigenvalue weighted by Crippen LogP contribution is 2.30. The number of nitrogens with one attached hydrogen (secondary N) is 1. The fourth-order valence-corrected chi connectivity index (χ4v) is 5.02.